The van der Waals surface area contributed by atoms with Crippen LogP contribution >= 0.6 is 12.4 Å². The van der Waals surface area contributed by atoms with Gasteiger partial charge in [-0.2, -0.15) is 0 Å². The Kier molecular flexibility index (Phi) is 8.83. The van der Waals surface area contributed by atoms with Gasteiger partial charge < -0.3 is 36.6 Å². The molecule has 0 aliphatic heterocycles. The number of hydrogen-bond acceptors (Lipinski definition) is 5. The lowest BCUT2D eigenvalue weighted by atomic mass is 10.2. The van der Waals surface area contributed by atoms with Crippen LogP contribution in [0.3, 0.4) is 0 Å². The number of amides is 2. The molecule has 2 amide bonds. The Morgan fingerprint density at radius 3 is 2.70 bits per heavy atom. The molecule has 3 aromatic rings. The number of rotatable bonds is 9. The average Bonchev–Trinajstić information content (AvgIpc) is 3.31. The van der Waals surface area contributed by atoms with Crippen LogP contribution in [0.4, 0.5) is 5.69 Å². The molecule has 7 N–H and O–H groups in total. The maximum absolute atomic E-state index is 12.4. The van der Waals surface area contributed by atoms with Gasteiger partial charge in [0, 0.05) is 25.4 Å². The number of hydrogen-bond donors (Lipinski definition) is 5. The molecule has 2 aromatic heterocycles. The minimum Gasteiger partial charge on any atom is -0.370 e. The number of aromatic amines is 1. The number of nitrogens with one attached hydrogen (secondary N) is 3. The second kappa shape index (κ2) is 11.3. The lowest BCUT2D eigenvalue weighted by Crippen LogP contribution is -2.27. The molecule has 0 unspecified atom stereocenters. The van der Waals surface area contributed by atoms with Crippen molar-refractivity contribution < 1.29 is 9.59 Å². The fraction of sp³-hybridized carbons (Fsp3) is 0.333. The number of nitrogens with two attached hydrogens (primary N) is 2. The van der Waals surface area contributed by atoms with Gasteiger partial charge >= 0.3 is 0 Å². The topological polar surface area (TPSA) is 159 Å². The third-order valence-corrected chi connectivity index (χ3v) is 4.75. The van der Waals surface area contributed by atoms with Crippen molar-refractivity contribution in [2.24, 2.45) is 23.5 Å². The van der Waals surface area contributed by atoms with Crippen molar-refractivity contribution in [3.05, 3.63) is 36.0 Å². The highest BCUT2D eigenvalue weighted by molar-refractivity contribution is 5.98. The van der Waals surface area contributed by atoms with Gasteiger partial charge in [0.2, 0.25) is 5.91 Å². The predicted octanol–water partition coefficient (Wildman–Crippen LogP) is 0.884. The van der Waals surface area contributed by atoms with Gasteiger partial charge in [-0.05, 0) is 51.3 Å². The first kappa shape index (κ1) is 25.7. The van der Waals surface area contributed by atoms with Gasteiger partial charge in [-0.1, -0.05) is 0 Å². The van der Waals surface area contributed by atoms with Crippen molar-refractivity contribution in [3.8, 4) is 11.5 Å². The summed E-state index contributed by atoms with van der Waals surface area (Å²) in [7, 11) is 5.85. The van der Waals surface area contributed by atoms with Crippen LogP contribution in [-0.2, 0) is 11.8 Å². The molecule has 1 aromatic carbocycles. The molecule has 0 aliphatic rings. The fourth-order valence-corrected chi connectivity index (χ4v) is 3.20. The SMILES string of the molecule is CN(C)CCCNC(=O)c1ccc2nc(-c3cc(NC(=O)CN=C(N)N)cn3C)[nH]c2c1.Cl. The smallest absolute Gasteiger partial charge is 0.251 e. The van der Waals surface area contributed by atoms with Gasteiger partial charge in [0.15, 0.2) is 11.8 Å². The van der Waals surface area contributed by atoms with Crippen LogP contribution in [0.1, 0.15) is 16.8 Å². The third-order valence-electron chi connectivity index (χ3n) is 4.75. The first-order valence-electron chi connectivity index (χ1n) is 10.2. The Morgan fingerprint density at radius 1 is 1.24 bits per heavy atom. The first-order chi connectivity index (χ1) is 15.2. The number of carbonyl (C=O) groups is 2. The van der Waals surface area contributed by atoms with Crippen LogP contribution in [0, 0.1) is 0 Å². The zero-order valence-corrected chi connectivity index (χ0v) is 19.7. The van der Waals surface area contributed by atoms with Crippen LogP contribution in [-0.4, -0.2) is 70.9 Å². The van der Waals surface area contributed by atoms with Crippen molar-refractivity contribution in [2.75, 3.05) is 39.0 Å². The van der Waals surface area contributed by atoms with Crippen LogP contribution in [0.2, 0.25) is 0 Å². The lowest BCUT2D eigenvalue weighted by Gasteiger charge is -2.09. The molecule has 178 valence electrons. The Hall–Kier alpha value is -3.57. The minimum atomic E-state index is -0.332. The molecule has 0 spiro atoms. The number of imidazole rings is 1. The molecule has 0 aliphatic carbocycles. The Bertz CT molecular complexity index is 1150. The summed E-state index contributed by atoms with van der Waals surface area (Å²) < 4.78 is 1.84. The van der Waals surface area contributed by atoms with Gasteiger partial charge in [0.05, 0.1) is 22.4 Å². The lowest BCUT2D eigenvalue weighted by molar-refractivity contribution is -0.114. The third kappa shape index (κ3) is 6.96. The molecule has 0 atom stereocenters. The van der Waals surface area contributed by atoms with E-state index in [2.05, 4.69) is 30.5 Å². The summed E-state index contributed by atoms with van der Waals surface area (Å²) in [6, 6.07) is 7.15. The zero-order chi connectivity index (χ0) is 23.3. The van der Waals surface area contributed by atoms with E-state index in [9.17, 15) is 9.59 Å². The molecule has 0 saturated carbocycles. The molecule has 0 saturated heterocycles. The number of fused-ring (bicyclic) bond motifs is 1. The minimum absolute atomic E-state index is 0. The largest absolute Gasteiger partial charge is 0.370 e. The summed E-state index contributed by atoms with van der Waals surface area (Å²) in [6.07, 6.45) is 2.65. The molecule has 0 fully saturated rings. The summed E-state index contributed by atoms with van der Waals surface area (Å²) in [5.41, 5.74) is 13.9. The van der Waals surface area contributed by atoms with Crippen molar-refractivity contribution in [2.45, 2.75) is 6.42 Å². The van der Waals surface area contributed by atoms with Gasteiger partial charge in [-0.25, -0.2) is 9.98 Å². The first-order valence-corrected chi connectivity index (χ1v) is 10.2. The van der Waals surface area contributed by atoms with E-state index >= 15 is 0 Å². The summed E-state index contributed by atoms with van der Waals surface area (Å²) in [6.45, 7) is 1.37. The molecule has 33 heavy (non-hydrogen) atoms. The highest BCUT2D eigenvalue weighted by Crippen LogP contribution is 2.25. The number of aliphatic imine (C=N–C) groups is 1. The number of benzene rings is 1. The quantitative estimate of drug-likeness (QED) is 0.175. The van der Waals surface area contributed by atoms with Crippen LogP contribution in [0.5, 0.6) is 0 Å². The van der Waals surface area contributed by atoms with E-state index in [1.54, 1.807) is 24.4 Å². The van der Waals surface area contributed by atoms with Crippen molar-refractivity contribution in [3.63, 3.8) is 0 Å². The van der Waals surface area contributed by atoms with E-state index in [4.69, 9.17) is 11.5 Å². The zero-order valence-electron chi connectivity index (χ0n) is 18.9. The maximum atomic E-state index is 12.4. The van der Waals surface area contributed by atoms with Gasteiger partial charge in [0.25, 0.3) is 5.91 Å². The molecule has 0 bridgehead atoms. The molecule has 0 radical (unpaired) electrons. The highest BCUT2D eigenvalue weighted by atomic mass is 35.5. The van der Waals surface area contributed by atoms with Crippen LogP contribution in [0.15, 0.2) is 35.5 Å². The van der Waals surface area contributed by atoms with E-state index in [1.807, 2.05) is 31.8 Å². The Morgan fingerprint density at radius 2 is 2.00 bits per heavy atom. The summed E-state index contributed by atoms with van der Waals surface area (Å²) >= 11 is 0. The fourth-order valence-electron chi connectivity index (χ4n) is 3.20. The monoisotopic (exact) mass is 475 g/mol. The molecule has 3 rings (SSSR count). The number of anilines is 1. The van der Waals surface area contributed by atoms with E-state index < -0.39 is 0 Å². The summed E-state index contributed by atoms with van der Waals surface area (Å²) in [4.78, 5) is 38.0. The summed E-state index contributed by atoms with van der Waals surface area (Å²) in [5, 5.41) is 5.68. The average molecular weight is 476 g/mol. The van der Waals surface area contributed by atoms with E-state index in [0.29, 0.717) is 23.6 Å². The van der Waals surface area contributed by atoms with Gasteiger partial charge in [0.1, 0.15) is 6.54 Å². The number of carbonyl (C=O) groups excluding carboxylic acids is 2. The molecular formula is C21H30ClN9O2. The number of halogens is 1. The summed E-state index contributed by atoms with van der Waals surface area (Å²) in [5.74, 6) is 0.0291. The van der Waals surface area contributed by atoms with E-state index in [-0.39, 0.29) is 36.7 Å². The number of nitrogens with zero attached hydrogens (tertiary/aromatic N) is 4. The van der Waals surface area contributed by atoms with E-state index in [1.165, 1.54) is 0 Å². The normalized spacial score (nSPS) is 10.7. The van der Waals surface area contributed by atoms with Crippen LogP contribution < -0.4 is 22.1 Å². The molecule has 12 heteroatoms. The Labute approximate surface area is 198 Å². The predicted molar refractivity (Wildman–Crippen MR) is 133 cm³/mol. The van der Waals surface area contributed by atoms with Gasteiger partial charge in [-0.15, -0.1) is 12.4 Å². The molecule has 2 heterocycles. The van der Waals surface area contributed by atoms with Gasteiger partial charge in [-0.3, -0.25) is 9.59 Å². The molecular weight excluding hydrogens is 446 g/mol. The van der Waals surface area contributed by atoms with Crippen LogP contribution in [0.25, 0.3) is 22.6 Å². The van der Waals surface area contributed by atoms with Crippen molar-refractivity contribution >= 4 is 46.9 Å². The highest BCUT2D eigenvalue weighted by Gasteiger charge is 2.14. The second-order valence-corrected chi connectivity index (χ2v) is 7.74. The standard InChI is InChI=1S/C21H29N9O2.ClH/c1-29(2)8-4-7-24-20(32)13-5-6-15-16(9-13)28-19(27-15)17-10-14(12-30(17)3)26-18(31)11-25-21(22)23;/h5-6,9-10,12H,4,7-8,11H2,1-3H3,(H,24,32)(H,26,31)(H,27,28)(H4,22,23,25);1H. The number of aromatic nitrogens is 3. The number of aryl methyl sites for hydroxylation is 1. The number of guanidine groups is 1. The van der Waals surface area contributed by atoms with Crippen molar-refractivity contribution in [1.82, 2.24) is 24.8 Å². The second-order valence-electron chi connectivity index (χ2n) is 7.74. The molecule has 11 nitrogen and oxygen atoms in total. The van der Waals surface area contributed by atoms with Crippen molar-refractivity contribution in [1.29, 1.82) is 0 Å². The Balaban J connectivity index is 0.00000385. The maximum Gasteiger partial charge on any atom is 0.251 e. The van der Waals surface area contributed by atoms with E-state index in [0.717, 1.165) is 29.7 Å². The number of H-pyrrole nitrogens is 1.